The van der Waals surface area contributed by atoms with Gasteiger partial charge in [0.2, 0.25) is 0 Å². The third-order valence-corrected chi connectivity index (χ3v) is 3.68. The zero-order valence-electron chi connectivity index (χ0n) is 10.9. The van der Waals surface area contributed by atoms with Crippen LogP contribution in [0.3, 0.4) is 0 Å². The first kappa shape index (κ1) is 12.8. The lowest BCUT2D eigenvalue weighted by molar-refractivity contribution is 0.603. The van der Waals surface area contributed by atoms with Crippen molar-refractivity contribution in [3.63, 3.8) is 0 Å². The molecule has 0 aromatic heterocycles. The van der Waals surface area contributed by atoms with Crippen LogP contribution in [-0.4, -0.2) is 0 Å². The third-order valence-electron chi connectivity index (χ3n) is 3.68. The predicted molar refractivity (Wildman–Crippen MR) is 69.0 cm³/mol. The summed E-state index contributed by atoms with van der Waals surface area (Å²) in [5.41, 5.74) is 0.623. The third kappa shape index (κ3) is 5.39. The quantitative estimate of drug-likeness (QED) is 0.373. The van der Waals surface area contributed by atoms with E-state index >= 15 is 0 Å². The molecule has 15 heavy (non-hydrogen) atoms. The minimum Gasteiger partial charge on any atom is -0.0882 e. The predicted octanol–water partition coefficient (Wildman–Crippen LogP) is 5.34. The van der Waals surface area contributed by atoms with Crippen LogP contribution >= 0.6 is 0 Å². The van der Waals surface area contributed by atoms with Crippen LogP contribution in [0.25, 0.3) is 0 Å². The first-order chi connectivity index (χ1) is 7.17. The Morgan fingerprint density at radius 2 is 1.67 bits per heavy atom. The Kier molecular flexibility index (Phi) is 5.42. The summed E-state index contributed by atoms with van der Waals surface area (Å²) in [5, 5.41) is 0. The van der Waals surface area contributed by atoms with Crippen molar-refractivity contribution in [3.8, 4) is 0 Å². The lowest BCUT2D eigenvalue weighted by Crippen LogP contribution is -1.85. The van der Waals surface area contributed by atoms with Crippen LogP contribution in [0.15, 0.2) is 12.2 Å². The Morgan fingerprint density at radius 3 is 2.27 bits per heavy atom. The average Bonchev–Trinajstić information content (AvgIpc) is 2.79. The number of hydrogen-bond donors (Lipinski definition) is 0. The second-order valence-corrected chi connectivity index (χ2v) is 5.78. The number of rotatable bonds is 8. The minimum atomic E-state index is 0.623. The van der Waals surface area contributed by atoms with E-state index in [-0.39, 0.29) is 0 Å². The molecule has 1 rings (SSSR count). The summed E-state index contributed by atoms with van der Waals surface area (Å²) in [6, 6.07) is 0. The van der Waals surface area contributed by atoms with Crippen molar-refractivity contribution in [1.29, 1.82) is 0 Å². The summed E-state index contributed by atoms with van der Waals surface area (Å²) in [6.07, 6.45) is 16.1. The van der Waals surface area contributed by atoms with Gasteiger partial charge in [-0.3, -0.25) is 0 Å². The summed E-state index contributed by atoms with van der Waals surface area (Å²) in [6.45, 7) is 7.01. The lowest BCUT2D eigenvalue weighted by Gasteiger charge is -1.98. The van der Waals surface area contributed by atoms with Crippen LogP contribution in [0.5, 0.6) is 0 Å². The summed E-state index contributed by atoms with van der Waals surface area (Å²) in [4.78, 5) is 0. The van der Waals surface area contributed by atoms with E-state index in [0.717, 1.165) is 5.92 Å². The van der Waals surface area contributed by atoms with E-state index in [1.807, 2.05) is 0 Å². The molecule has 1 fully saturated rings. The van der Waals surface area contributed by atoms with Gasteiger partial charge in [0, 0.05) is 0 Å². The van der Waals surface area contributed by atoms with E-state index < -0.39 is 0 Å². The molecule has 1 saturated carbocycles. The van der Waals surface area contributed by atoms with Gasteiger partial charge in [-0.05, 0) is 30.6 Å². The highest BCUT2D eigenvalue weighted by molar-refractivity contribution is 5.07. The van der Waals surface area contributed by atoms with Crippen LogP contribution in [0.4, 0.5) is 0 Å². The largest absolute Gasteiger partial charge is 0.0882 e. The molecule has 0 heterocycles. The van der Waals surface area contributed by atoms with Crippen LogP contribution in [0.2, 0.25) is 0 Å². The number of allylic oxidation sites excluding steroid dienone is 2. The van der Waals surface area contributed by atoms with Crippen molar-refractivity contribution in [2.75, 3.05) is 0 Å². The fraction of sp³-hybridized carbons (Fsp3) is 0.867. The summed E-state index contributed by atoms with van der Waals surface area (Å²) in [7, 11) is 0. The van der Waals surface area contributed by atoms with Gasteiger partial charge in [-0.1, -0.05) is 65.0 Å². The topological polar surface area (TPSA) is 0 Å². The Morgan fingerprint density at radius 1 is 1.07 bits per heavy atom. The number of hydrogen-bond acceptors (Lipinski definition) is 0. The molecule has 0 heteroatoms. The zero-order chi connectivity index (χ0) is 11.1. The molecule has 0 aromatic rings. The summed E-state index contributed by atoms with van der Waals surface area (Å²) < 4.78 is 0. The molecule has 0 radical (unpaired) electrons. The van der Waals surface area contributed by atoms with Crippen molar-refractivity contribution < 1.29 is 0 Å². The van der Waals surface area contributed by atoms with E-state index in [1.165, 1.54) is 51.4 Å². The van der Waals surface area contributed by atoms with Gasteiger partial charge < -0.3 is 0 Å². The van der Waals surface area contributed by atoms with Gasteiger partial charge in [-0.15, -0.1) is 0 Å². The van der Waals surface area contributed by atoms with E-state index in [9.17, 15) is 0 Å². The monoisotopic (exact) mass is 208 g/mol. The molecule has 1 atom stereocenters. The molecule has 88 valence electrons. The molecule has 0 spiro atoms. The van der Waals surface area contributed by atoms with Crippen molar-refractivity contribution in [1.82, 2.24) is 0 Å². The van der Waals surface area contributed by atoms with E-state index in [0.29, 0.717) is 5.41 Å². The molecule has 0 bridgehead atoms. The first-order valence-corrected chi connectivity index (χ1v) is 6.83. The molecular formula is C15H28. The minimum absolute atomic E-state index is 0.623. The van der Waals surface area contributed by atoms with Gasteiger partial charge in [0.25, 0.3) is 0 Å². The van der Waals surface area contributed by atoms with E-state index in [2.05, 4.69) is 32.9 Å². The van der Waals surface area contributed by atoms with Crippen LogP contribution in [0.1, 0.15) is 72.1 Å². The van der Waals surface area contributed by atoms with Gasteiger partial charge in [-0.2, -0.15) is 0 Å². The highest BCUT2D eigenvalue weighted by atomic mass is 14.5. The standard InChI is InChI=1S/C15H28/c1-4-5-6-7-8-9-10-11-12-14-13-15(14,2)3/h11-12,14H,4-10,13H2,1-3H3/b12-11+. The fourth-order valence-electron chi connectivity index (χ4n) is 2.14. The highest BCUT2D eigenvalue weighted by Crippen LogP contribution is 2.52. The zero-order valence-corrected chi connectivity index (χ0v) is 10.9. The molecular weight excluding hydrogens is 180 g/mol. The summed E-state index contributed by atoms with van der Waals surface area (Å²) in [5.74, 6) is 0.887. The van der Waals surface area contributed by atoms with Crippen LogP contribution < -0.4 is 0 Å². The van der Waals surface area contributed by atoms with E-state index in [1.54, 1.807) is 0 Å². The molecule has 0 aliphatic heterocycles. The van der Waals surface area contributed by atoms with Crippen molar-refractivity contribution in [3.05, 3.63) is 12.2 Å². The Balaban J connectivity index is 1.85. The molecule has 0 nitrogen and oxygen atoms in total. The van der Waals surface area contributed by atoms with E-state index in [4.69, 9.17) is 0 Å². The molecule has 1 aliphatic rings. The number of unbranched alkanes of at least 4 members (excludes halogenated alkanes) is 6. The maximum Gasteiger partial charge on any atom is -0.0177 e. The van der Waals surface area contributed by atoms with Crippen molar-refractivity contribution >= 4 is 0 Å². The maximum atomic E-state index is 2.45. The van der Waals surface area contributed by atoms with Crippen molar-refractivity contribution in [2.45, 2.75) is 72.1 Å². The van der Waals surface area contributed by atoms with Crippen LogP contribution in [0, 0.1) is 11.3 Å². The molecule has 0 N–H and O–H groups in total. The average molecular weight is 208 g/mol. The molecule has 0 aromatic carbocycles. The molecule has 0 amide bonds. The smallest absolute Gasteiger partial charge is 0.0177 e. The van der Waals surface area contributed by atoms with Gasteiger partial charge in [0.05, 0.1) is 0 Å². The summed E-state index contributed by atoms with van der Waals surface area (Å²) >= 11 is 0. The fourth-order valence-corrected chi connectivity index (χ4v) is 2.14. The lowest BCUT2D eigenvalue weighted by atomic mass is 10.1. The van der Waals surface area contributed by atoms with Crippen LogP contribution in [-0.2, 0) is 0 Å². The first-order valence-electron chi connectivity index (χ1n) is 6.83. The molecule has 1 unspecified atom stereocenters. The van der Waals surface area contributed by atoms with Gasteiger partial charge in [0.15, 0.2) is 0 Å². The highest BCUT2D eigenvalue weighted by Gasteiger charge is 2.43. The Bertz CT molecular complexity index is 188. The van der Waals surface area contributed by atoms with Gasteiger partial charge in [-0.25, -0.2) is 0 Å². The molecule has 1 aliphatic carbocycles. The SMILES string of the molecule is CCCCCCCC/C=C/C1CC1(C)C. The van der Waals surface area contributed by atoms with Crippen molar-refractivity contribution in [2.24, 2.45) is 11.3 Å². The Labute approximate surface area is 96.2 Å². The second kappa shape index (κ2) is 6.35. The normalized spacial score (nSPS) is 23.5. The van der Waals surface area contributed by atoms with Gasteiger partial charge >= 0.3 is 0 Å². The Hall–Kier alpha value is -0.260. The molecule has 0 saturated heterocycles. The van der Waals surface area contributed by atoms with Gasteiger partial charge in [0.1, 0.15) is 0 Å². The second-order valence-electron chi connectivity index (χ2n) is 5.78. The maximum absolute atomic E-state index is 2.45.